The number of carbonyl (C=O) groups is 2. The van der Waals surface area contributed by atoms with Crippen molar-refractivity contribution in [2.45, 2.75) is 57.8 Å². The summed E-state index contributed by atoms with van der Waals surface area (Å²) in [4.78, 5) is 34.1. The summed E-state index contributed by atoms with van der Waals surface area (Å²) in [5, 5.41) is 11.8. The highest BCUT2D eigenvalue weighted by molar-refractivity contribution is 7.53. The molecule has 0 aliphatic rings. The number of benzene rings is 1. The zero-order valence-electron chi connectivity index (χ0n) is 16.9. The molecule has 1 aromatic carbocycles. The van der Waals surface area contributed by atoms with E-state index in [4.69, 9.17) is 16.0 Å². The van der Waals surface area contributed by atoms with Gasteiger partial charge < -0.3 is 26.8 Å². The number of anilines is 1. The van der Waals surface area contributed by atoms with E-state index in [0.717, 1.165) is 5.56 Å². The fraction of sp³-hybridized carbons (Fsp3) is 0.579. The number of nitrogen functional groups attached to an aromatic ring is 1. The third-order valence-corrected chi connectivity index (χ3v) is 6.34. The van der Waals surface area contributed by atoms with Gasteiger partial charge in [0.15, 0.2) is 6.10 Å². The Morgan fingerprint density at radius 1 is 1.28 bits per heavy atom. The van der Waals surface area contributed by atoms with Gasteiger partial charge in [0.25, 0.3) is 0 Å². The lowest BCUT2D eigenvalue weighted by Crippen LogP contribution is -2.40. The second-order valence-electron chi connectivity index (χ2n) is 7.28. The van der Waals surface area contributed by atoms with Crippen molar-refractivity contribution >= 4 is 25.2 Å². The summed E-state index contributed by atoms with van der Waals surface area (Å²) in [6.45, 7) is 3.69. The van der Waals surface area contributed by atoms with Crippen molar-refractivity contribution in [1.29, 1.82) is 0 Å². The Labute approximate surface area is 171 Å². The molecular formula is C19H32N3O6P. The Balaban J connectivity index is 2.75. The molecule has 3 atom stereocenters. The number of hydrogen-bond donors (Lipinski definition) is 5. The highest BCUT2D eigenvalue weighted by Crippen LogP contribution is 2.50. The molecule has 0 saturated heterocycles. The molecule has 0 aromatic heterocycles. The van der Waals surface area contributed by atoms with Crippen LogP contribution in [0.3, 0.4) is 0 Å². The van der Waals surface area contributed by atoms with Crippen LogP contribution in [0, 0.1) is 5.92 Å². The maximum absolute atomic E-state index is 12.8. The predicted octanol–water partition coefficient (Wildman–Crippen LogP) is 2.08. The normalized spacial score (nSPS) is 15.5. The smallest absolute Gasteiger partial charge is 0.351 e. The van der Waals surface area contributed by atoms with Crippen LogP contribution in [0.1, 0.15) is 45.1 Å². The highest BCUT2D eigenvalue weighted by Gasteiger charge is 2.40. The molecule has 164 valence electrons. The van der Waals surface area contributed by atoms with E-state index in [1.165, 1.54) is 0 Å². The summed E-state index contributed by atoms with van der Waals surface area (Å²) in [6, 6.07) is 7.12. The van der Waals surface area contributed by atoms with Gasteiger partial charge in [0, 0.05) is 12.1 Å². The van der Waals surface area contributed by atoms with E-state index in [9.17, 15) is 24.2 Å². The number of amides is 1. The first-order chi connectivity index (χ1) is 13.6. The lowest BCUT2D eigenvalue weighted by atomic mass is 10.1. The Bertz CT molecular complexity index is 728. The maximum Gasteiger partial charge on any atom is 0.351 e. The maximum atomic E-state index is 12.8. The average molecular weight is 429 g/mol. The summed E-state index contributed by atoms with van der Waals surface area (Å²) in [6.07, 6.45) is 0.151. The molecule has 0 fully saturated rings. The molecule has 1 amide bonds. The van der Waals surface area contributed by atoms with Crippen LogP contribution in [0.5, 0.6) is 0 Å². The summed E-state index contributed by atoms with van der Waals surface area (Å²) in [5.41, 5.74) is 12.6. The minimum Gasteiger partial charge on any atom is -0.479 e. The van der Waals surface area contributed by atoms with Gasteiger partial charge in [-0.15, -0.1) is 0 Å². The Morgan fingerprint density at radius 2 is 1.97 bits per heavy atom. The van der Waals surface area contributed by atoms with E-state index in [0.29, 0.717) is 31.5 Å². The zero-order chi connectivity index (χ0) is 22.0. The van der Waals surface area contributed by atoms with E-state index in [-0.39, 0.29) is 12.8 Å². The van der Waals surface area contributed by atoms with Crippen LogP contribution in [-0.2, 0) is 25.1 Å². The van der Waals surface area contributed by atoms with E-state index >= 15 is 0 Å². The largest absolute Gasteiger partial charge is 0.479 e. The standard InChI is InChI=1S/C19H32N3O6P/c1-13(2)18(22-17(23)10-9-14-6-5-7-15(21)12-14)29(26,27)28-16(19(24)25)8-3-4-11-20/h5-7,12-13,16,18H,3-4,8-11,20-21H2,1-2H3,(H,22,23)(H,24,25)(H,26,27)/t16-,18?/m1/s1. The first-order valence-corrected chi connectivity index (χ1v) is 11.3. The number of aryl methyl sites for hydroxylation is 1. The molecule has 7 N–H and O–H groups in total. The molecular weight excluding hydrogens is 397 g/mol. The predicted molar refractivity (Wildman–Crippen MR) is 111 cm³/mol. The van der Waals surface area contributed by atoms with Crippen molar-refractivity contribution in [2.75, 3.05) is 12.3 Å². The number of nitrogens with two attached hydrogens (primary N) is 2. The third-order valence-electron chi connectivity index (χ3n) is 4.36. The van der Waals surface area contributed by atoms with Gasteiger partial charge in [-0.1, -0.05) is 26.0 Å². The molecule has 1 rings (SSSR count). The number of hydrogen-bond acceptors (Lipinski definition) is 6. The minimum atomic E-state index is -4.44. The molecule has 0 radical (unpaired) electrons. The van der Waals surface area contributed by atoms with Gasteiger partial charge in [-0.3, -0.25) is 13.9 Å². The van der Waals surface area contributed by atoms with Crippen molar-refractivity contribution in [3.8, 4) is 0 Å². The molecule has 0 bridgehead atoms. The topological polar surface area (TPSA) is 165 Å². The SMILES string of the molecule is CC(C)C(NC(=O)CCc1cccc(N)c1)P(=O)(O)O[C@H](CCCCN)C(=O)O. The number of nitrogens with one attached hydrogen (secondary N) is 1. The van der Waals surface area contributed by atoms with Gasteiger partial charge in [0.2, 0.25) is 5.91 Å². The second-order valence-corrected chi connectivity index (χ2v) is 9.18. The average Bonchev–Trinajstić information content (AvgIpc) is 2.63. The van der Waals surface area contributed by atoms with Gasteiger partial charge in [-0.2, -0.15) is 0 Å². The molecule has 29 heavy (non-hydrogen) atoms. The molecule has 0 aliphatic heterocycles. The van der Waals surface area contributed by atoms with Crippen LogP contribution in [0.15, 0.2) is 24.3 Å². The first kappa shape index (κ1) is 25.1. The van der Waals surface area contributed by atoms with E-state index in [1.54, 1.807) is 32.0 Å². The lowest BCUT2D eigenvalue weighted by molar-refractivity contribution is -0.145. The van der Waals surface area contributed by atoms with Gasteiger partial charge in [-0.05, 0) is 55.8 Å². The summed E-state index contributed by atoms with van der Waals surface area (Å²) in [7, 11) is -4.44. The molecule has 1 aromatic rings. The monoisotopic (exact) mass is 429 g/mol. The minimum absolute atomic E-state index is 0.0608. The fourth-order valence-electron chi connectivity index (χ4n) is 2.81. The van der Waals surface area contributed by atoms with Gasteiger partial charge >= 0.3 is 13.6 Å². The summed E-state index contributed by atoms with van der Waals surface area (Å²) >= 11 is 0. The third kappa shape index (κ3) is 8.95. The Kier molecular flexibility index (Phi) is 10.3. The lowest BCUT2D eigenvalue weighted by Gasteiger charge is -2.28. The number of carboxylic acid groups (broad SMARTS) is 1. The molecule has 9 nitrogen and oxygen atoms in total. The van der Waals surface area contributed by atoms with Crippen molar-refractivity contribution in [2.24, 2.45) is 11.7 Å². The van der Waals surface area contributed by atoms with Crippen molar-refractivity contribution < 1.29 is 28.7 Å². The molecule has 0 heterocycles. The van der Waals surface area contributed by atoms with Crippen LogP contribution >= 0.6 is 7.60 Å². The van der Waals surface area contributed by atoms with E-state index in [1.807, 2.05) is 6.07 Å². The van der Waals surface area contributed by atoms with Gasteiger partial charge in [-0.25, -0.2) is 4.79 Å². The quantitative estimate of drug-likeness (QED) is 0.181. The molecule has 0 aliphatic carbocycles. The number of carboxylic acids is 1. The van der Waals surface area contributed by atoms with E-state index in [2.05, 4.69) is 5.32 Å². The van der Waals surface area contributed by atoms with Crippen molar-refractivity contribution in [3.05, 3.63) is 29.8 Å². The van der Waals surface area contributed by atoms with Crippen LogP contribution in [0.25, 0.3) is 0 Å². The number of unbranched alkanes of at least 4 members (excludes halogenated alkanes) is 1. The highest BCUT2D eigenvalue weighted by atomic mass is 31.2. The van der Waals surface area contributed by atoms with Crippen LogP contribution in [0.2, 0.25) is 0 Å². The first-order valence-electron chi connectivity index (χ1n) is 9.64. The summed E-state index contributed by atoms with van der Waals surface area (Å²) in [5.74, 6) is -3.42. The van der Waals surface area contributed by atoms with Crippen LogP contribution < -0.4 is 16.8 Å². The number of rotatable bonds is 13. The van der Waals surface area contributed by atoms with Crippen molar-refractivity contribution in [1.82, 2.24) is 5.32 Å². The number of carbonyl (C=O) groups excluding carboxylic acids is 1. The van der Waals surface area contributed by atoms with Gasteiger partial charge in [0.1, 0.15) is 5.78 Å². The van der Waals surface area contributed by atoms with E-state index < -0.39 is 37.3 Å². The molecule has 10 heteroatoms. The molecule has 0 saturated carbocycles. The van der Waals surface area contributed by atoms with Gasteiger partial charge in [0.05, 0.1) is 0 Å². The summed E-state index contributed by atoms with van der Waals surface area (Å²) < 4.78 is 17.9. The fourth-order valence-corrected chi connectivity index (χ4v) is 4.56. The Hall–Kier alpha value is -1.93. The van der Waals surface area contributed by atoms with Crippen LogP contribution in [-0.4, -0.2) is 40.3 Å². The zero-order valence-corrected chi connectivity index (χ0v) is 17.8. The van der Waals surface area contributed by atoms with Crippen molar-refractivity contribution in [3.63, 3.8) is 0 Å². The van der Waals surface area contributed by atoms with Crippen LogP contribution in [0.4, 0.5) is 5.69 Å². The Morgan fingerprint density at radius 3 is 2.52 bits per heavy atom. The second kappa shape index (κ2) is 11.9. The molecule has 0 spiro atoms. The molecule has 2 unspecified atom stereocenters. The number of aliphatic carboxylic acids is 1.